The predicted octanol–water partition coefficient (Wildman–Crippen LogP) is 6.29. The molecule has 0 spiro atoms. The van der Waals surface area contributed by atoms with Crippen LogP contribution in [-0.4, -0.2) is 22.6 Å². The molecular weight excluding hydrogens is 450 g/mol. The Morgan fingerprint density at radius 3 is 2.53 bits per heavy atom. The second-order valence-corrected chi connectivity index (χ2v) is 11.1. The van der Waals surface area contributed by atoms with Crippen LogP contribution in [0.25, 0.3) is 0 Å². The van der Waals surface area contributed by atoms with E-state index in [-0.39, 0.29) is 0 Å². The quantitative estimate of drug-likeness (QED) is 0.443. The van der Waals surface area contributed by atoms with E-state index in [2.05, 4.69) is 0 Å². The van der Waals surface area contributed by atoms with Gasteiger partial charge in [-0.3, -0.25) is 14.4 Å². The first kappa shape index (κ1) is 9.83. The molecule has 5 heteroatoms. The summed E-state index contributed by atoms with van der Waals surface area (Å²) in [4.78, 5) is 42.8. The molecule has 0 aromatic heterocycles. The lowest BCUT2D eigenvalue weighted by Gasteiger charge is -2.68. The first-order valence-electron chi connectivity index (χ1n) is 23.2. The summed E-state index contributed by atoms with van der Waals surface area (Å²) >= 11 is 0. The van der Waals surface area contributed by atoms with Crippen molar-refractivity contribution in [2.75, 3.05) is 0 Å². The van der Waals surface area contributed by atoms with Crippen LogP contribution < -0.4 is 0 Å². The van der Waals surface area contributed by atoms with Crippen molar-refractivity contribution in [1.29, 1.82) is 5.26 Å². The van der Waals surface area contributed by atoms with Gasteiger partial charge in [-0.2, -0.15) is 5.26 Å². The zero-order valence-corrected chi connectivity index (χ0v) is 19.2. The highest BCUT2D eigenvalue weighted by atomic mass is 16.4. The number of nitrogens with zero attached hydrogens (tertiary/aromatic N) is 1. The number of nitriles is 1. The fraction of sp³-hybridized carbons (Fsp3) is 0.742. The van der Waals surface area contributed by atoms with E-state index in [0.29, 0.717) is 12.2 Å². The van der Waals surface area contributed by atoms with E-state index < -0.39 is 172 Å². The Labute approximate surface area is 247 Å². The molecule has 0 amide bonds. The van der Waals surface area contributed by atoms with Crippen molar-refractivity contribution < 1.29 is 51.0 Å². The van der Waals surface area contributed by atoms with Gasteiger partial charge in [0.2, 0.25) is 0 Å². The second-order valence-electron chi connectivity index (χ2n) is 11.1. The molecule has 0 heterocycles. The largest absolute Gasteiger partial charge is 0.481 e. The van der Waals surface area contributed by atoms with Gasteiger partial charge in [-0.25, -0.2) is 0 Å². The van der Waals surface area contributed by atoms with Crippen molar-refractivity contribution in [1.82, 2.24) is 0 Å². The minimum atomic E-state index is -3.98. The summed E-state index contributed by atoms with van der Waals surface area (Å²) in [6, 6.07) is 1.32. The number of carbonyl (C=O) groups is 3. The van der Waals surface area contributed by atoms with Gasteiger partial charge in [-0.15, -0.1) is 0 Å². The monoisotopic (exact) mass is 514 g/mol. The summed E-state index contributed by atoms with van der Waals surface area (Å²) in [5, 5.41) is 21.1. The lowest BCUT2D eigenvalue weighted by atomic mass is 9.34. The third-order valence-corrected chi connectivity index (χ3v) is 9.37. The van der Waals surface area contributed by atoms with E-state index in [0.717, 1.165) is 0 Å². The van der Waals surface area contributed by atoms with Gasteiger partial charge in [0.05, 0.1) is 11.0 Å². The zero-order chi connectivity index (χ0) is 46.0. The summed E-state index contributed by atoms with van der Waals surface area (Å²) < 4.78 is 201. The van der Waals surface area contributed by atoms with Gasteiger partial charge >= 0.3 is 5.97 Å². The van der Waals surface area contributed by atoms with Crippen LogP contribution in [-0.2, 0) is 14.4 Å². The van der Waals surface area contributed by atoms with Crippen LogP contribution in [0.1, 0.15) is 124 Å². The molecule has 5 aliphatic rings. The molecule has 3 fully saturated rings. The summed E-state index contributed by atoms with van der Waals surface area (Å²) in [5.41, 5.74) is -22.4. The van der Waals surface area contributed by atoms with Crippen molar-refractivity contribution in [3.63, 3.8) is 0 Å². The van der Waals surface area contributed by atoms with E-state index in [9.17, 15) is 20.0 Å². The van der Waals surface area contributed by atoms with Crippen molar-refractivity contribution in [2.24, 2.45) is 50.2 Å². The molecule has 194 valence electrons. The Hall–Kier alpha value is -2.22. The van der Waals surface area contributed by atoms with Gasteiger partial charge in [0.25, 0.3) is 0 Å². The maximum Gasteiger partial charge on any atom is 0.309 e. The molecule has 0 unspecified atom stereocenters. The average Bonchev–Trinajstić information content (AvgIpc) is 2.99. The summed E-state index contributed by atoms with van der Waals surface area (Å²) in [6.07, 6.45) is -10.3. The van der Waals surface area contributed by atoms with Crippen LogP contribution in [0.2, 0.25) is 0 Å². The Kier molecular flexibility index (Phi) is 1.97. The minimum Gasteiger partial charge on any atom is -0.481 e. The van der Waals surface area contributed by atoms with Crippen LogP contribution in [0, 0.1) is 61.6 Å². The molecule has 1 N–H and O–H groups in total. The number of carbonyl (C=O) groups excluding carboxylic acids is 2. The molecule has 5 nitrogen and oxygen atoms in total. The van der Waals surface area contributed by atoms with Gasteiger partial charge in [0.1, 0.15) is 6.07 Å². The highest BCUT2D eigenvalue weighted by Gasteiger charge is 2.70. The number of aliphatic carboxylic acids is 1. The molecule has 5 aliphatic carbocycles. The maximum atomic E-state index is 15.2. The maximum absolute atomic E-state index is 15.2. The fourth-order valence-electron chi connectivity index (χ4n) is 7.58. The number of ketones is 2. The number of carboxylic acid groups (broad SMARTS) is 1. The molecule has 3 saturated carbocycles. The van der Waals surface area contributed by atoms with Crippen molar-refractivity contribution in [3.05, 3.63) is 23.3 Å². The Morgan fingerprint density at radius 1 is 1.11 bits per heavy atom. The smallest absolute Gasteiger partial charge is 0.309 e. The van der Waals surface area contributed by atoms with Crippen molar-refractivity contribution >= 4 is 17.5 Å². The molecule has 0 aromatic carbocycles. The van der Waals surface area contributed by atoms with Gasteiger partial charge < -0.3 is 5.11 Å². The van der Waals surface area contributed by atoms with E-state index >= 15 is 4.79 Å². The first-order chi connectivity index (χ1) is 26.0. The van der Waals surface area contributed by atoms with Gasteiger partial charge in [0.15, 0.2) is 11.6 Å². The molecule has 0 radical (unpaired) electrons. The van der Waals surface area contributed by atoms with Gasteiger partial charge in [0, 0.05) is 48.3 Å². The van der Waals surface area contributed by atoms with E-state index in [1.807, 2.05) is 0 Å². The number of allylic oxidation sites excluding steroid dienone is 4. The fourth-order valence-corrected chi connectivity index (χ4v) is 7.58. The Balaban J connectivity index is 2.08. The van der Waals surface area contributed by atoms with Crippen molar-refractivity contribution in [3.8, 4) is 6.07 Å². The number of fused-ring (bicyclic) bond motifs is 7. The molecule has 0 aliphatic heterocycles. The lowest BCUT2D eigenvalue weighted by Crippen LogP contribution is -2.65. The number of hydrogen-bond acceptors (Lipinski definition) is 4. The normalized spacial score (nSPS) is 60.0. The summed E-state index contributed by atoms with van der Waals surface area (Å²) in [6.45, 7) is -26.9. The van der Waals surface area contributed by atoms with Crippen LogP contribution in [0.4, 0.5) is 0 Å². The highest BCUT2D eigenvalue weighted by Crippen LogP contribution is 2.74. The number of Topliss-reactive ketones (excluding diaryl/α,β-unsaturated/α-hetero) is 1. The SMILES string of the molecule is [2H]C([2H])([2H])C1(C([2H])([2H])[2H])C[C@H]2[C@H]3C(=O)C=C4[C@@]5(C([2H])([2H])[2H])C=C(C#N)C(=O)C(C([2H])([2H])[2H])(C([2H])([2H])[2H])[C@@H]5CC[C@@]4(C([2H])([2H])[2H])[C@]3(C([2H])([2H])[2H])CC[C@@]2(C(=O)O)C([2H])([2H])C1. The molecule has 5 rings (SSSR count). The van der Waals surface area contributed by atoms with Gasteiger partial charge in [-0.05, 0) is 79.1 Å². The number of carboxylic acids is 1. The summed E-state index contributed by atoms with van der Waals surface area (Å²) in [7, 11) is 0. The second kappa shape index (κ2) is 7.21. The van der Waals surface area contributed by atoms with E-state index in [1.54, 1.807) is 0 Å². The lowest BCUT2D eigenvalue weighted by molar-refractivity contribution is -0.188. The van der Waals surface area contributed by atoms with Gasteiger partial charge in [-0.1, -0.05) is 59.6 Å². The van der Waals surface area contributed by atoms with Crippen LogP contribution >= 0.6 is 0 Å². The zero-order valence-electron chi connectivity index (χ0n) is 42.2. The predicted molar refractivity (Wildman–Crippen MR) is 137 cm³/mol. The van der Waals surface area contributed by atoms with Crippen LogP contribution in [0.3, 0.4) is 0 Å². The standard InChI is InChI=1S/C31H41NO4/c1-26(2)10-12-31(25(35)36)13-11-30(7)23(19(31)16-26)20(33)14-22-28(5)15-18(17-32)24(34)27(3,4)21(28)8-9-29(22,30)6/h14-15,19,21,23H,8-13,16H2,1-7H3,(H,35,36)/t19-,21-,23-,28-,29+,30+,31-/m0/s1/i1D3,2D3,3D3,4D3,5D3,6D3,7D3,12D2. The topological polar surface area (TPSA) is 95.2 Å². The molecule has 0 bridgehead atoms. The first-order valence-corrected chi connectivity index (χ1v) is 11.7. The Morgan fingerprint density at radius 2 is 1.92 bits per heavy atom. The molecule has 36 heavy (non-hydrogen) atoms. The average molecular weight is 515 g/mol. The van der Waals surface area contributed by atoms with Crippen LogP contribution in [0.5, 0.6) is 0 Å². The third-order valence-electron chi connectivity index (χ3n) is 9.37. The van der Waals surface area contributed by atoms with E-state index in [1.165, 1.54) is 6.07 Å². The number of rotatable bonds is 1. The minimum absolute atomic E-state index is 0.305. The molecule has 0 aromatic rings. The highest BCUT2D eigenvalue weighted by molar-refractivity contribution is 6.04. The molecule has 7 atom stereocenters. The Bertz CT molecular complexity index is 1920. The van der Waals surface area contributed by atoms with Crippen molar-refractivity contribution in [2.45, 2.75) is 92.9 Å². The molecule has 0 saturated heterocycles. The summed E-state index contributed by atoms with van der Waals surface area (Å²) in [5.74, 6) is -13.0. The molecular formula is C31H41NO4. The van der Waals surface area contributed by atoms with Crippen LogP contribution in [0.15, 0.2) is 23.3 Å². The van der Waals surface area contributed by atoms with E-state index in [4.69, 9.17) is 31.5 Å². The number of hydrogen-bond donors (Lipinski definition) is 1. The third kappa shape index (κ3) is 2.85.